The van der Waals surface area contributed by atoms with Gasteiger partial charge in [0.1, 0.15) is 10.0 Å². The summed E-state index contributed by atoms with van der Waals surface area (Å²) in [5.74, 6) is -10.5. The van der Waals surface area contributed by atoms with Crippen molar-refractivity contribution in [2.24, 2.45) is 5.92 Å². The van der Waals surface area contributed by atoms with Gasteiger partial charge in [-0.15, -0.1) is 23.2 Å². The Kier molecular flexibility index (Phi) is 7.63. The summed E-state index contributed by atoms with van der Waals surface area (Å²) in [7, 11) is 0. The second-order valence-electron chi connectivity index (χ2n) is 8.26. The molecule has 4 nitrogen and oxygen atoms in total. The quantitative estimate of drug-likeness (QED) is 0.0746. The van der Waals surface area contributed by atoms with Gasteiger partial charge in [-0.1, -0.05) is 34.8 Å². The van der Waals surface area contributed by atoms with Crippen molar-refractivity contribution in [3.8, 4) is 0 Å². The molecule has 1 amide bonds. The topological polar surface area (TPSA) is 72.2 Å². The number of alkyl halides is 2. The molecule has 0 saturated heterocycles. The van der Waals surface area contributed by atoms with E-state index in [1.54, 1.807) is 12.1 Å². The molecule has 194 valence electrons. The predicted molar refractivity (Wildman–Crippen MR) is 136 cm³/mol. The molecule has 1 aliphatic rings. The van der Waals surface area contributed by atoms with Crippen LogP contribution in [0.25, 0.3) is 0 Å². The van der Waals surface area contributed by atoms with E-state index >= 15 is 0 Å². The fourth-order valence-corrected chi connectivity index (χ4v) is 5.57. The molecule has 0 aromatic heterocycles. The first kappa shape index (κ1) is 27.8. The molecule has 2 atom stereocenters. The molecule has 1 aliphatic carbocycles. The molecule has 0 heterocycles. The summed E-state index contributed by atoms with van der Waals surface area (Å²) in [6.45, 7) is 0. The number of hydrogen-bond acceptors (Lipinski definition) is 3. The van der Waals surface area contributed by atoms with Crippen LogP contribution in [0, 0.1) is 29.2 Å². The number of nitrogen functional groups attached to an aromatic ring is 1. The standard InChI is InChI=1S/C24H13Cl5F4N2O2/c25-9-3-8(4-10(26)5-9)16-17(24(16,28)29)23(37)35-11-1-2-14(27)12(6-11)15(36)7-13-18(30)20(32)21(33)22(34)19(13)31/h1-6,16-17H,7,34H2,(H,35,37). The molecule has 3 N–H and O–H groups in total. The number of amides is 1. The van der Waals surface area contributed by atoms with E-state index in [0.29, 0.717) is 15.6 Å². The molecule has 1 saturated carbocycles. The highest BCUT2D eigenvalue weighted by Crippen LogP contribution is 2.65. The van der Waals surface area contributed by atoms with Crippen molar-refractivity contribution in [3.05, 3.63) is 91.4 Å². The zero-order valence-corrected chi connectivity index (χ0v) is 21.9. The zero-order chi connectivity index (χ0) is 27.4. The van der Waals surface area contributed by atoms with E-state index in [1.165, 1.54) is 18.2 Å². The highest BCUT2D eigenvalue weighted by atomic mass is 35.5. The van der Waals surface area contributed by atoms with E-state index in [9.17, 15) is 27.2 Å². The van der Waals surface area contributed by atoms with Crippen LogP contribution in [0.4, 0.5) is 28.9 Å². The Labute approximate surface area is 232 Å². The van der Waals surface area contributed by atoms with Crippen LogP contribution in [0.1, 0.15) is 27.4 Å². The lowest BCUT2D eigenvalue weighted by molar-refractivity contribution is -0.117. The first-order valence-electron chi connectivity index (χ1n) is 10.3. The van der Waals surface area contributed by atoms with Crippen LogP contribution in [0.3, 0.4) is 0 Å². The summed E-state index contributed by atoms with van der Waals surface area (Å²) in [6.07, 6.45) is -1.02. The smallest absolute Gasteiger partial charge is 0.231 e. The van der Waals surface area contributed by atoms with Crippen LogP contribution in [0.2, 0.25) is 15.1 Å². The average Bonchev–Trinajstić information content (AvgIpc) is 3.41. The SMILES string of the molecule is Nc1c(F)c(F)c(F)c(CC(=O)c2cc(NC(=O)C3C(c4cc(Cl)cc(Cl)c4)C3(Cl)Cl)ccc2Cl)c1F. The van der Waals surface area contributed by atoms with E-state index in [4.69, 9.17) is 63.7 Å². The highest BCUT2D eigenvalue weighted by molar-refractivity contribution is 6.53. The minimum Gasteiger partial charge on any atom is -0.394 e. The Morgan fingerprint density at radius 3 is 2.14 bits per heavy atom. The normalized spacial score (nSPS) is 18.0. The number of Topliss-reactive ketones (excluding diaryl/α,β-unsaturated/α-hetero) is 1. The number of benzene rings is 3. The predicted octanol–water partition coefficient (Wildman–Crippen LogP) is 7.74. The minimum absolute atomic E-state index is 0.0856. The number of nitrogens with two attached hydrogens (primary N) is 1. The van der Waals surface area contributed by atoms with Gasteiger partial charge in [0.2, 0.25) is 5.91 Å². The molecule has 13 heteroatoms. The van der Waals surface area contributed by atoms with Crippen molar-refractivity contribution >= 4 is 81.1 Å². The molecule has 4 rings (SSSR count). The van der Waals surface area contributed by atoms with Gasteiger partial charge in [0, 0.05) is 39.2 Å². The number of carbonyl (C=O) groups is 2. The van der Waals surface area contributed by atoms with E-state index < -0.39 is 68.8 Å². The first-order chi connectivity index (χ1) is 17.2. The maximum Gasteiger partial charge on any atom is 0.231 e. The van der Waals surface area contributed by atoms with Crippen molar-refractivity contribution in [1.82, 2.24) is 0 Å². The third-order valence-electron chi connectivity index (χ3n) is 5.84. The van der Waals surface area contributed by atoms with Gasteiger partial charge in [-0.2, -0.15) is 0 Å². The Morgan fingerprint density at radius 2 is 1.51 bits per heavy atom. The summed E-state index contributed by atoms with van der Waals surface area (Å²) in [5, 5.41) is 3.09. The first-order valence-corrected chi connectivity index (χ1v) is 12.2. The van der Waals surface area contributed by atoms with Gasteiger partial charge in [0.05, 0.1) is 10.9 Å². The lowest BCUT2D eigenvalue weighted by Crippen LogP contribution is -2.18. The van der Waals surface area contributed by atoms with Gasteiger partial charge < -0.3 is 11.1 Å². The van der Waals surface area contributed by atoms with Crippen LogP contribution in [0.15, 0.2) is 36.4 Å². The maximum atomic E-state index is 14.3. The van der Waals surface area contributed by atoms with Crippen molar-refractivity contribution in [3.63, 3.8) is 0 Å². The van der Waals surface area contributed by atoms with Gasteiger partial charge in [-0.3, -0.25) is 9.59 Å². The molecule has 1 fully saturated rings. The fraction of sp³-hybridized carbons (Fsp3) is 0.167. The number of ketones is 1. The van der Waals surface area contributed by atoms with Crippen molar-refractivity contribution in [1.29, 1.82) is 0 Å². The molecule has 3 aromatic rings. The highest BCUT2D eigenvalue weighted by Gasteiger charge is 2.67. The fourth-order valence-electron chi connectivity index (χ4n) is 3.97. The number of anilines is 2. The Balaban J connectivity index is 1.56. The molecule has 0 spiro atoms. The second kappa shape index (κ2) is 10.2. The lowest BCUT2D eigenvalue weighted by atomic mass is 10.0. The summed E-state index contributed by atoms with van der Waals surface area (Å²) in [5.41, 5.74) is 3.17. The maximum absolute atomic E-state index is 14.3. The molecular formula is C24H13Cl5F4N2O2. The second-order valence-corrected chi connectivity index (χ2v) is 11.0. The van der Waals surface area contributed by atoms with Crippen LogP contribution in [-0.2, 0) is 11.2 Å². The molecule has 2 unspecified atom stereocenters. The number of nitrogens with one attached hydrogen (secondary N) is 1. The largest absolute Gasteiger partial charge is 0.394 e. The van der Waals surface area contributed by atoms with Gasteiger partial charge in [0.15, 0.2) is 29.1 Å². The van der Waals surface area contributed by atoms with Gasteiger partial charge in [-0.05, 0) is 42.0 Å². The van der Waals surface area contributed by atoms with Crippen molar-refractivity contribution < 1.29 is 27.2 Å². The third kappa shape index (κ3) is 5.22. The number of rotatable bonds is 6. The van der Waals surface area contributed by atoms with E-state index in [0.717, 1.165) is 6.07 Å². The Morgan fingerprint density at radius 1 is 0.892 bits per heavy atom. The summed E-state index contributed by atoms with van der Waals surface area (Å²) in [6, 6.07) is 8.44. The Bertz CT molecular complexity index is 1420. The number of carbonyl (C=O) groups excluding carboxylic acids is 2. The van der Waals surface area contributed by atoms with E-state index in [-0.39, 0.29) is 16.3 Å². The van der Waals surface area contributed by atoms with Crippen LogP contribution in [-0.4, -0.2) is 16.0 Å². The van der Waals surface area contributed by atoms with Gasteiger partial charge >= 0.3 is 0 Å². The van der Waals surface area contributed by atoms with E-state index in [2.05, 4.69) is 5.32 Å². The third-order valence-corrected chi connectivity index (χ3v) is 7.55. The molecular weight excluding hydrogens is 602 g/mol. The van der Waals surface area contributed by atoms with Crippen molar-refractivity contribution in [2.75, 3.05) is 11.1 Å². The van der Waals surface area contributed by atoms with Gasteiger partial charge in [0.25, 0.3) is 0 Å². The molecule has 0 aliphatic heterocycles. The lowest BCUT2D eigenvalue weighted by Gasteiger charge is -2.11. The molecule has 0 bridgehead atoms. The Hall–Kier alpha value is -2.23. The summed E-state index contributed by atoms with van der Waals surface area (Å²) < 4.78 is 54.1. The molecule has 0 radical (unpaired) electrons. The zero-order valence-electron chi connectivity index (χ0n) is 18.1. The number of halogens is 9. The monoisotopic (exact) mass is 612 g/mol. The van der Waals surface area contributed by atoms with E-state index in [1.807, 2.05) is 0 Å². The molecule has 37 heavy (non-hydrogen) atoms. The summed E-state index contributed by atoms with van der Waals surface area (Å²) in [4.78, 5) is 25.7. The molecule has 3 aromatic carbocycles. The average molecular weight is 615 g/mol. The van der Waals surface area contributed by atoms with Gasteiger partial charge in [-0.25, -0.2) is 17.6 Å². The van der Waals surface area contributed by atoms with Crippen LogP contribution in [0.5, 0.6) is 0 Å². The van der Waals surface area contributed by atoms with Crippen LogP contribution < -0.4 is 11.1 Å². The minimum atomic E-state index is -2.01. The van der Waals surface area contributed by atoms with Crippen LogP contribution >= 0.6 is 58.0 Å². The van der Waals surface area contributed by atoms with Crippen molar-refractivity contribution in [2.45, 2.75) is 16.7 Å². The summed E-state index contributed by atoms with van der Waals surface area (Å²) >= 11 is 30.8. The number of hydrogen-bond donors (Lipinski definition) is 2.